The molecule has 0 fully saturated rings. The number of benzene rings is 1. The van der Waals surface area contributed by atoms with Crippen molar-refractivity contribution in [3.8, 4) is 5.75 Å². The Bertz CT molecular complexity index is 728. The van der Waals surface area contributed by atoms with Gasteiger partial charge in [-0.3, -0.25) is 9.69 Å². The number of ether oxygens (including phenoxy) is 1. The van der Waals surface area contributed by atoms with Crippen LogP contribution in [-0.2, 0) is 4.79 Å². The summed E-state index contributed by atoms with van der Waals surface area (Å²) in [4.78, 5) is 14.0. The first-order valence-corrected chi connectivity index (χ1v) is 9.51. The Morgan fingerprint density at radius 1 is 1.38 bits per heavy atom. The van der Waals surface area contributed by atoms with Gasteiger partial charge in [0.2, 0.25) is 0 Å². The number of carbonyl (C=O) groups excluding carboxylic acids is 1. The van der Waals surface area contributed by atoms with E-state index in [0.29, 0.717) is 6.54 Å². The first-order valence-electron chi connectivity index (χ1n) is 8.70. The molecule has 140 valence electrons. The molecule has 0 bridgehead atoms. The van der Waals surface area contributed by atoms with Crippen molar-refractivity contribution < 1.29 is 14.6 Å². The molecule has 0 radical (unpaired) electrons. The van der Waals surface area contributed by atoms with E-state index in [1.54, 1.807) is 7.11 Å². The number of hydrazone groups is 1. The number of aliphatic hydroxyl groups is 1. The molecule has 2 N–H and O–H groups in total. The Labute approximate surface area is 158 Å². The van der Waals surface area contributed by atoms with Crippen molar-refractivity contribution >= 4 is 22.7 Å². The number of nitrogens with zero attached hydrogens (tertiary/aromatic N) is 2. The normalized spacial score (nSPS) is 21.5. The lowest BCUT2D eigenvalue weighted by Crippen LogP contribution is -2.43. The molecule has 1 aromatic rings. The van der Waals surface area contributed by atoms with Crippen molar-refractivity contribution in [1.82, 2.24) is 10.3 Å². The maximum atomic E-state index is 11.8. The summed E-state index contributed by atoms with van der Waals surface area (Å²) in [5.74, 6) is 0.721. The molecule has 2 aliphatic heterocycles. The van der Waals surface area contributed by atoms with E-state index < -0.39 is 10.9 Å². The number of nitrogens with one attached hydrogen (secondary N) is 1. The number of methoxy groups -OCH3 is 1. The summed E-state index contributed by atoms with van der Waals surface area (Å²) in [6.45, 7) is 6.01. The van der Waals surface area contributed by atoms with Gasteiger partial charge in [0.05, 0.1) is 18.0 Å². The van der Waals surface area contributed by atoms with E-state index in [9.17, 15) is 9.90 Å². The molecule has 26 heavy (non-hydrogen) atoms. The number of thioether (sulfide) groups is 1. The highest BCUT2D eigenvalue weighted by atomic mass is 32.2. The number of aliphatic hydroxyl groups excluding tert-OH is 1. The predicted molar refractivity (Wildman–Crippen MR) is 104 cm³/mol. The largest absolute Gasteiger partial charge is 0.497 e. The molecule has 1 unspecified atom stereocenters. The lowest BCUT2D eigenvalue weighted by atomic mass is 10.1. The van der Waals surface area contributed by atoms with Crippen molar-refractivity contribution in [2.45, 2.75) is 31.1 Å². The molecule has 0 saturated heterocycles. The molecule has 2 aliphatic rings. The Morgan fingerprint density at radius 3 is 2.69 bits per heavy atom. The van der Waals surface area contributed by atoms with E-state index in [1.807, 2.05) is 38.1 Å². The van der Waals surface area contributed by atoms with Crippen LogP contribution in [0.15, 0.2) is 41.0 Å². The third-order valence-corrected chi connectivity index (χ3v) is 5.90. The van der Waals surface area contributed by atoms with Crippen LogP contribution in [0.2, 0.25) is 0 Å². The van der Waals surface area contributed by atoms with E-state index in [2.05, 4.69) is 21.5 Å². The van der Waals surface area contributed by atoms with Crippen molar-refractivity contribution in [3.05, 3.63) is 41.5 Å². The summed E-state index contributed by atoms with van der Waals surface area (Å²) in [6, 6.07) is 7.52. The van der Waals surface area contributed by atoms with Gasteiger partial charge in [0.15, 0.2) is 0 Å². The zero-order valence-corrected chi connectivity index (χ0v) is 16.2. The van der Waals surface area contributed by atoms with E-state index >= 15 is 0 Å². The van der Waals surface area contributed by atoms with Crippen LogP contribution in [0.4, 0.5) is 0 Å². The van der Waals surface area contributed by atoms with E-state index in [4.69, 9.17) is 4.74 Å². The molecule has 2 heterocycles. The average Bonchev–Trinajstić information content (AvgIpc) is 2.64. The smallest absolute Gasteiger partial charge is 0.256 e. The molecule has 6 nitrogen and oxygen atoms in total. The Kier molecular flexibility index (Phi) is 5.70. The second-order valence-corrected chi connectivity index (χ2v) is 8.61. The van der Waals surface area contributed by atoms with E-state index in [1.165, 1.54) is 17.3 Å². The standard InChI is InChI=1S/C19H25N3O3S/c1-19(2)18(24)21-20-17(26-19)14-8-10-22(11-9-14)12-16(23)13-4-6-15(25-3)7-5-13/h4-8,16,23H,9-12H2,1-3H3,(H,21,24). The monoisotopic (exact) mass is 375 g/mol. The Balaban J connectivity index is 1.58. The molecule has 3 rings (SSSR count). The van der Waals surface area contributed by atoms with Crippen LogP contribution in [0.3, 0.4) is 0 Å². The van der Waals surface area contributed by atoms with Crippen molar-refractivity contribution in [3.63, 3.8) is 0 Å². The zero-order chi connectivity index (χ0) is 18.7. The van der Waals surface area contributed by atoms with Gasteiger partial charge in [0.25, 0.3) is 5.91 Å². The van der Waals surface area contributed by atoms with Gasteiger partial charge >= 0.3 is 0 Å². The molecule has 7 heteroatoms. The summed E-state index contributed by atoms with van der Waals surface area (Å²) in [7, 11) is 1.63. The molecule has 0 saturated carbocycles. The first kappa shape index (κ1) is 18.9. The lowest BCUT2D eigenvalue weighted by molar-refractivity contribution is -0.122. The Hall–Kier alpha value is -1.83. The predicted octanol–water partition coefficient (Wildman–Crippen LogP) is 2.32. The maximum Gasteiger partial charge on any atom is 0.256 e. The van der Waals surface area contributed by atoms with Crippen LogP contribution in [-0.4, -0.2) is 52.4 Å². The van der Waals surface area contributed by atoms with Crippen LogP contribution >= 0.6 is 11.8 Å². The van der Waals surface area contributed by atoms with Gasteiger partial charge in [-0.25, -0.2) is 5.43 Å². The van der Waals surface area contributed by atoms with Crippen molar-refractivity contribution in [2.75, 3.05) is 26.7 Å². The molecule has 0 aromatic heterocycles. The van der Waals surface area contributed by atoms with Crippen LogP contribution in [0.1, 0.15) is 31.9 Å². The second kappa shape index (κ2) is 7.82. The molecule has 1 amide bonds. The number of hydrogen-bond acceptors (Lipinski definition) is 6. The number of carbonyl (C=O) groups is 1. The van der Waals surface area contributed by atoms with Crippen LogP contribution < -0.4 is 10.2 Å². The first-order chi connectivity index (χ1) is 12.4. The van der Waals surface area contributed by atoms with Gasteiger partial charge in [-0.05, 0) is 43.5 Å². The fourth-order valence-corrected chi connectivity index (χ4v) is 3.96. The van der Waals surface area contributed by atoms with Gasteiger partial charge in [-0.2, -0.15) is 5.10 Å². The highest BCUT2D eigenvalue weighted by Crippen LogP contribution is 2.33. The number of rotatable bonds is 5. The van der Waals surface area contributed by atoms with Gasteiger partial charge in [-0.15, -0.1) is 0 Å². The van der Waals surface area contributed by atoms with E-state index in [-0.39, 0.29) is 5.91 Å². The third kappa shape index (κ3) is 4.28. The molecular weight excluding hydrogens is 350 g/mol. The minimum Gasteiger partial charge on any atom is -0.497 e. The topological polar surface area (TPSA) is 74.2 Å². The second-order valence-electron chi connectivity index (χ2n) is 7.00. The summed E-state index contributed by atoms with van der Waals surface area (Å²) in [6.07, 6.45) is 2.46. The maximum absolute atomic E-state index is 11.8. The number of amides is 1. The van der Waals surface area contributed by atoms with Crippen LogP contribution in [0.25, 0.3) is 0 Å². The SMILES string of the molecule is COc1ccc(C(O)CN2CC=C(C3=NNC(=O)C(C)(C)S3)CC2)cc1. The molecule has 0 spiro atoms. The van der Waals surface area contributed by atoms with Crippen molar-refractivity contribution in [2.24, 2.45) is 5.10 Å². The quantitative estimate of drug-likeness (QED) is 0.826. The molecule has 0 aliphatic carbocycles. The number of β-amino-alcohol motifs (C(OH)–C–C–N with tert-alkyl or cyclic N) is 1. The van der Waals surface area contributed by atoms with E-state index in [0.717, 1.165) is 35.9 Å². The number of hydrogen-bond donors (Lipinski definition) is 2. The highest BCUT2D eigenvalue weighted by Gasteiger charge is 2.35. The summed E-state index contributed by atoms with van der Waals surface area (Å²) >= 11 is 1.51. The average molecular weight is 375 g/mol. The minimum absolute atomic E-state index is 0.0631. The van der Waals surface area contributed by atoms with Gasteiger partial charge < -0.3 is 9.84 Å². The Morgan fingerprint density at radius 2 is 2.12 bits per heavy atom. The fourth-order valence-electron chi connectivity index (χ4n) is 2.93. The summed E-state index contributed by atoms with van der Waals surface area (Å²) in [5.41, 5.74) is 4.67. The zero-order valence-electron chi connectivity index (χ0n) is 15.4. The van der Waals surface area contributed by atoms with Gasteiger partial charge in [0.1, 0.15) is 10.8 Å². The van der Waals surface area contributed by atoms with Crippen molar-refractivity contribution in [1.29, 1.82) is 0 Å². The minimum atomic E-state index is -0.532. The van der Waals surface area contributed by atoms with Gasteiger partial charge in [-0.1, -0.05) is 30.0 Å². The van der Waals surface area contributed by atoms with Crippen LogP contribution in [0, 0.1) is 0 Å². The highest BCUT2D eigenvalue weighted by molar-refractivity contribution is 8.16. The molecule has 1 atom stereocenters. The summed E-state index contributed by atoms with van der Waals surface area (Å²) < 4.78 is 4.65. The fraction of sp³-hybridized carbons (Fsp3) is 0.474. The third-order valence-electron chi connectivity index (χ3n) is 4.66. The summed E-state index contributed by atoms with van der Waals surface area (Å²) in [5, 5.41) is 15.6. The lowest BCUT2D eigenvalue weighted by Gasteiger charge is -2.31. The molecular formula is C19H25N3O3S. The van der Waals surface area contributed by atoms with Gasteiger partial charge in [0, 0.05) is 19.6 Å². The molecule has 1 aromatic carbocycles. The van der Waals surface area contributed by atoms with Crippen LogP contribution in [0.5, 0.6) is 5.75 Å².